The van der Waals surface area contributed by atoms with Gasteiger partial charge >= 0.3 is 0 Å². The van der Waals surface area contributed by atoms with Crippen molar-refractivity contribution in [2.45, 2.75) is 20.4 Å². The number of carbonyl (C=O) groups excluding carboxylic acids is 2. The Morgan fingerprint density at radius 2 is 1.13 bits per heavy atom. The van der Waals surface area contributed by atoms with E-state index in [0.717, 1.165) is 22.2 Å². The zero-order chi connectivity index (χ0) is 26.3. The number of hydrogen-bond donors (Lipinski definition) is 2. The van der Waals surface area contributed by atoms with E-state index < -0.39 is 0 Å². The molecule has 0 radical (unpaired) electrons. The van der Waals surface area contributed by atoms with E-state index >= 15 is 0 Å². The minimum absolute atomic E-state index is 0.0942. The minimum Gasteiger partial charge on any atom is -0.354 e. The Morgan fingerprint density at radius 3 is 1.76 bits per heavy atom. The van der Waals surface area contributed by atoms with E-state index in [4.69, 9.17) is 0 Å². The molecule has 7 rings (SSSR count). The highest BCUT2D eigenvalue weighted by atomic mass is 16.2. The van der Waals surface area contributed by atoms with Crippen molar-refractivity contribution in [1.82, 2.24) is 14.9 Å². The number of aromatic amines is 2. The van der Waals surface area contributed by atoms with Gasteiger partial charge in [0.25, 0.3) is 11.8 Å². The summed E-state index contributed by atoms with van der Waals surface area (Å²) in [6, 6.07) is 19.5. The van der Waals surface area contributed by atoms with Crippen LogP contribution >= 0.6 is 0 Å². The summed E-state index contributed by atoms with van der Waals surface area (Å²) in [5, 5.41) is 2.06. The minimum atomic E-state index is -0.328. The lowest BCUT2D eigenvalue weighted by Crippen LogP contribution is -2.29. The van der Waals surface area contributed by atoms with Gasteiger partial charge in [-0.1, -0.05) is 23.8 Å². The van der Waals surface area contributed by atoms with Gasteiger partial charge < -0.3 is 9.97 Å². The third-order valence-electron chi connectivity index (χ3n) is 7.53. The highest BCUT2D eigenvalue weighted by Crippen LogP contribution is 2.27. The largest absolute Gasteiger partial charge is 0.354 e. The molecule has 38 heavy (non-hydrogen) atoms. The quantitative estimate of drug-likeness (QED) is 0.256. The molecule has 4 aromatic carbocycles. The van der Waals surface area contributed by atoms with Crippen molar-refractivity contribution < 1.29 is 9.59 Å². The molecule has 0 bridgehead atoms. The van der Waals surface area contributed by atoms with E-state index in [9.17, 15) is 19.2 Å². The molecule has 0 saturated carbocycles. The van der Waals surface area contributed by atoms with Gasteiger partial charge in [0.1, 0.15) is 0 Å². The Morgan fingerprint density at radius 1 is 0.605 bits per heavy atom. The fraction of sp³-hybridized carbons (Fsp3) is 0.0968. The molecular weight excluding hydrogens is 478 g/mol. The second kappa shape index (κ2) is 7.73. The van der Waals surface area contributed by atoms with Gasteiger partial charge in [-0.25, -0.2) is 0 Å². The molecule has 0 spiro atoms. The molecule has 7 heteroatoms. The van der Waals surface area contributed by atoms with Gasteiger partial charge in [-0.05, 0) is 73.5 Å². The molecule has 2 aromatic heterocycles. The number of amides is 2. The number of H-pyrrole nitrogens is 2. The molecule has 1 aliphatic rings. The van der Waals surface area contributed by atoms with E-state index in [0.29, 0.717) is 49.2 Å². The molecule has 0 saturated heterocycles. The highest BCUT2D eigenvalue weighted by molar-refractivity contribution is 6.21. The monoisotopic (exact) mass is 499 g/mol. The molecule has 0 unspecified atom stereocenters. The maximum absolute atomic E-state index is 13.6. The summed E-state index contributed by atoms with van der Waals surface area (Å²) in [6.45, 7) is 3.90. The van der Waals surface area contributed by atoms with Crippen LogP contribution in [0.3, 0.4) is 0 Å². The summed E-state index contributed by atoms with van der Waals surface area (Å²) < 4.78 is 0. The van der Waals surface area contributed by atoms with Crippen LogP contribution in [0.5, 0.6) is 0 Å². The van der Waals surface area contributed by atoms with Crippen LogP contribution in [0.2, 0.25) is 0 Å². The maximum atomic E-state index is 13.6. The van der Waals surface area contributed by atoms with Crippen molar-refractivity contribution in [2.24, 2.45) is 0 Å². The Bertz CT molecular complexity index is 2140. The average Bonchev–Trinajstić information content (AvgIpc) is 3.15. The number of nitrogens with zero attached hydrogens (tertiary/aromatic N) is 1. The molecule has 0 fully saturated rings. The Balaban J connectivity index is 1.40. The van der Waals surface area contributed by atoms with Gasteiger partial charge in [-0.3, -0.25) is 24.1 Å². The lowest BCUT2D eigenvalue weighted by atomic mass is 10.0. The van der Waals surface area contributed by atoms with E-state index in [2.05, 4.69) is 9.97 Å². The zero-order valence-corrected chi connectivity index (χ0v) is 20.6. The van der Waals surface area contributed by atoms with Gasteiger partial charge in [0.15, 0.2) is 10.9 Å². The lowest BCUT2D eigenvalue weighted by molar-refractivity contribution is 0.0642. The van der Waals surface area contributed by atoms with Gasteiger partial charge in [0.05, 0.1) is 34.2 Å². The average molecular weight is 500 g/mol. The summed E-state index contributed by atoms with van der Waals surface area (Å²) >= 11 is 0. The third kappa shape index (κ3) is 3.08. The zero-order valence-electron chi connectivity index (χ0n) is 20.6. The second-order valence-corrected chi connectivity index (χ2v) is 9.97. The normalized spacial score (nSPS) is 13.4. The van der Waals surface area contributed by atoms with Gasteiger partial charge in [-0.15, -0.1) is 0 Å². The maximum Gasteiger partial charge on any atom is 0.261 e. The fourth-order valence-corrected chi connectivity index (χ4v) is 5.49. The summed E-state index contributed by atoms with van der Waals surface area (Å²) in [5.41, 5.74) is 5.52. The number of imide groups is 1. The Kier molecular flexibility index (Phi) is 4.51. The summed E-state index contributed by atoms with van der Waals surface area (Å²) in [7, 11) is 0. The van der Waals surface area contributed by atoms with Crippen LogP contribution in [0, 0.1) is 13.8 Å². The number of benzene rings is 4. The van der Waals surface area contributed by atoms with Crippen LogP contribution in [-0.2, 0) is 6.54 Å². The first-order valence-electron chi connectivity index (χ1n) is 12.3. The number of fused-ring (bicyclic) bond motifs is 5. The molecule has 6 aromatic rings. The SMILES string of the molecule is Cc1ccc2[nH]c3cc4c(=O)c5cc(C)c(CN6C(=O)c7ccccc7C6=O)cc5[nH]c4cc3c(=O)c2c1. The van der Waals surface area contributed by atoms with Crippen LogP contribution in [0.25, 0.3) is 43.6 Å². The first kappa shape index (κ1) is 22.2. The first-order chi connectivity index (χ1) is 18.3. The van der Waals surface area contributed by atoms with E-state index in [1.807, 2.05) is 38.1 Å². The summed E-state index contributed by atoms with van der Waals surface area (Å²) in [4.78, 5) is 60.5. The number of aryl methyl sites for hydroxylation is 2. The lowest BCUT2D eigenvalue weighted by Gasteiger charge is -2.16. The molecular formula is C31H21N3O4. The fourth-order valence-electron chi connectivity index (χ4n) is 5.49. The van der Waals surface area contributed by atoms with Crippen molar-refractivity contribution in [3.63, 3.8) is 0 Å². The second-order valence-electron chi connectivity index (χ2n) is 9.97. The Labute approximate surface area is 215 Å². The first-order valence-corrected chi connectivity index (χ1v) is 12.3. The number of carbonyl (C=O) groups is 2. The molecule has 2 amide bonds. The van der Waals surface area contributed by atoms with Crippen molar-refractivity contribution in [3.8, 4) is 0 Å². The summed E-state index contributed by atoms with van der Waals surface area (Å²) in [6.07, 6.45) is 0. The van der Waals surface area contributed by atoms with Crippen LogP contribution < -0.4 is 10.9 Å². The molecule has 3 heterocycles. The third-order valence-corrected chi connectivity index (χ3v) is 7.53. The molecule has 184 valence electrons. The van der Waals surface area contributed by atoms with Crippen molar-refractivity contribution >= 4 is 55.4 Å². The molecule has 0 atom stereocenters. The van der Waals surface area contributed by atoms with Crippen LogP contribution in [0.4, 0.5) is 0 Å². The van der Waals surface area contributed by atoms with E-state index in [1.54, 1.807) is 42.5 Å². The highest BCUT2D eigenvalue weighted by Gasteiger charge is 2.35. The van der Waals surface area contributed by atoms with E-state index in [-0.39, 0.29) is 29.2 Å². The van der Waals surface area contributed by atoms with Crippen molar-refractivity contribution in [3.05, 3.63) is 115 Å². The van der Waals surface area contributed by atoms with Crippen LogP contribution in [0.15, 0.2) is 76.3 Å². The number of aromatic nitrogens is 2. The topological polar surface area (TPSA) is 103 Å². The predicted octanol–water partition coefficient (Wildman–Crippen LogP) is 5.09. The van der Waals surface area contributed by atoms with Gasteiger partial charge in [0.2, 0.25) is 0 Å². The summed E-state index contributed by atoms with van der Waals surface area (Å²) in [5.74, 6) is -0.657. The standard InChI is InChI=1S/C31H21N3O4/c1-15-7-8-24-20(9-15)28(35)22-13-27-23(12-26(22)32-24)29(36)21-10-16(2)17(11-25(21)33-27)14-34-30(37)18-5-3-4-6-19(18)31(34)38/h3-13H,14H2,1-2H3,(H,32,35)(H,33,36). The van der Waals surface area contributed by atoms with E-state index in [1.165, 1.54) is 4.90 Å². The van der Waals surface area contributed by atoms with Gasteiger partial charge in [0, 0.05) is 27.1 Å². The predicted molar refractivity (Wildman–Crippen MR) is 148 cm³/mol. The Hall–Kier alpha value is -5.04. The van der Waals surface area contributed by atoms with Gasteiger partial charge in [-0.2, -0.15) is 0 Å². The molecule has 1 aliphatic heterocycles. The molecule has 0 aliphatic carbocycles. The van der Waals surface area contributed by atoms with Crippen LogP contribution in [-0.4, -0.2) is 26.7 Å². The number of rotatable bonds is 2. The van der Waals surface area contributed by atoms with Crippen molar-refractivity contribution in [2.75, 3.05) is 0 Å². The smallest absolute Gasteiger partial charge is 0.261 e. The molecule has 7 nitrogen and oxygen atoms in total. The van der Waals surface area contributed by atoms with Crippen LogP contribution in [0.1, 0.15) is 37.4 Å². The van der Waals surface area contributed by atoms with Crippen molar-refractivity contribution in [1.29, 1.82) is 0 Å². The number of nitrogens with one attached hydrogen (secondary N) is 2. The molecule has 2 N–H and O–H groups in total. The number of pyridine rings is 2. The number of hydrogen-bond acceptors (Lipinski definition) is 4.